The summed E-state index contributed by atoms with van der Waals surface area (Å²) in [7, 11) is 5.41. The van der Waals surface area contributed by atoms with E-state index in [9.17, 15) is 9.59 Å². The lowest BCUT2D eigenvalue weighted by Gasteiger charge is -2.15. The molecule has 1 fully saturated rings. The normalized spacial score (nSPS) is 18.7. The minimum Gasteiger partial charge on any atom is -0.338 e. The van der Waals surface area contributed by atoms with Crippen molar-refractivity contribution in [1.29, 1.82) is 0 Å². The largest absolute Gasteiger partial charge is 0.338 e. The van der Waals surface area contributed by atoms with Crippen molar-refractivity contribution in [2.75, 3.05) is 12.8 Å². The number of amides is 1. The van der Waals surface area contributed by atoms with Crippen LogP contribution in [0.4, 0.5) is 0 Å². The first-order valence-corrected chi connectivity index (χ1v) is 8.77. The van der Waals surface area contributed by atoms with Gasteiger partial charge in [-0.25, -0.2) is 4.79 Å². The maximum Gasteiger partial charge on any atom is 0.332 e. The number of hydroxylamine groups is 2. The Morgan fingerprint density at radius 1 is 1.39 bits per heavy atom. The summed E-state index contributed by atoms with van der Waals surface area (Å²) < 4.78 is 0. The van der Waals surface area contributed by atoms with Crippen LogP contribution in [0.15, 0.2) is 0 Å². The van der Waals surface area contributed by atoms with Crippen LogP contribution in [0, 0.1) is 0 Å². The van der Waals surface area contributed by atoms with Crippen LogP contribution < -0.4 is 0 Å². The zero-order valence-corrected chi connectivity index (χ0v) is 12.6. The molecule has 0 aromatic carbocycles. The first-order chi connectivity index (χ1) is 8.63. The second-order valence-electron chi connectivity index (χ2n) is 4.28. The molecule has 0 radical (unpaired) electrons. The Balaban J connectivity index is 2.06. The summed E-state index contributed by atoms with van der Waals surface area (Å²) in [6.45, 7) is 1.71. The van der Waals surface area contributed by atoms with Crippen molar-refractivity contribution in [1.82, 2.24) is 5.06 Å². The standard InChI is InChI=1S/C12H21NO3S2/c1-3-12(15)16-13(2)11(14)7-5-4-6-10-8-9-17-18-10/h10H,3-9H2,1-2H3/t10-/m0/s1. The molecule has 0 saturated carbocycles. The van der Waals surface area contributed by atoms with Crippen LogP contribution in [0.2, 0.25) is 0 Å². The van der Waals surface area contributed by atoms with Crippen LogP contribution in [-0.4, -0.2) is 35.0 Å². The number of hydrogen-bond acceptors (Lipinski definition) is 5. The predicted molar refractivity (Wildman–Crippen MR) is 76.1 cm³/mol. The van der Waals surface area contributed by atoms with Crippen molar-refractivity contribution in [3.63, 3.8) is 0 Å². The topological polar surface area (TPSA) is 46.6 Å². The molecular weight excluding hydrogens is 270 g/mol. The maximum absolute atomic E-state index is 11.6. The van der Waals surface area contributed by atoms with Gasteiger partial charge in [0.25, 0.3) is 5.91 Å². The monoisotopic (exact) mass is 291 g/mol. The quantitative estimate of drug-likeness (QED) is 0.427. The van der Waals surface area contributed by atoms with Crippen LogP contribution in [0.3, 0.4) is 0 Å². The molecule has 0 aliphatic carbocycles. The lowest BCUT2D eigenvalue weighted by Crippen LogP contribution is -2.29. The van der Waals surface area contributed by atoms with Crippen LogP contribution in [0.5, 0.6) is 0 Å². The summed E-state index contributed by atoms with van der Waals surface area (Å²) in [5.74, 6) is 0.764. The van der Waals surface area contributed by atoms with Gasteiger partial charge in [-0.2, -0.15) is 5.06 Å². The third-order valence-electron chi connectivity index (χ3n) is 2.77. The number of carbonyl (C=O) groups is 2. The fraction of sp³-hybridized carbons (Fsp3) is 0.833. The zero-order chi connectivity index (χ0) is 13.4. The van der Waals surface area contributed by atoms with E-state index < -0.39 is 0 Å². The summed E-state index contributed by atoms with van der Waals surface area (Å²) in [6.07, 6.45) is 5.15. The third-order valence-corrected chi connectivity index (χ3v) is 5.78. The fourth-order valence-corrected chi connectivity index (χ4v) is 4.67. The Labute approximate surface area is 117 Å². The molecule has 1 amide bonds. The highest BCUT2D eigenvalue weighted by Gasteiger charge is 2.17. The summed E-state index contributed by atoms with van der Waals surface area (Å²) in [5.41, 5.74) is 0. The smallest absolute Gasteiger partial charge is 0.332 e. The molecular formula is C12H21NO3S2. The molecule has 6 heteroatoms. The summed E-state index contributed by atoms with van der Waals surface area (Å²) >= 11 is 0. The number of unbranched alkanes of at least 4 members (excludes halogenated alkanes) is 1. The Kier molecular flexibility index (Phi) is 7.58. The van der Waals surface area contributed by atoms with Crippen molar-refractivity contribution >= 4 is 33.5 Å². The van der Waals surface area contributed by atoms with E-state index in [2.05, 4.69) is 0 Å². The minimum absolute atomic E-state index is 0.120. The van der Waals surface area contributed by atoms with Crippen LogP contribution in [-0.2, 0) is 14.4 Å². The highest BCUT2D eigenvalue weighted by molar-refractivity contribution is 8.77. The van der Waals surface area contributed by atoms with Crippen molar-refractivity contribution < 1.29 is 14.4 Å². The molecule has 0 spiro atoms. The van der Waals surface area contributed by atoms with Gasteiger partial charge in [-0.05, 0) is 19.3 Å². The van der Waals surface area contributed by atoms with E-state index in [4.69, 9.17) is 4.84 Å². The number of rotatable bonds is 6. The molecule has 4 nitrogen and oxygen atoms in total. The highest BCUT2D eigenvalue weighted by Crippen LogP contribution is 2.39. The van der Waals surface area contributed by atoms with Crippen molar-refractivity contribution in [2.24, 2.45) is 0 Å². The summed E-state index contributed by atoms with van der Waals surface area (Å²) in [5, 5.41) is 1.83. The van der Waals surface area contributed by atoms with E-state index in [1.165, 1.54) is 25.6 Å². The van der Waals surface area contributed by atoms with E-state index in [0.717, 1.165) is 23.2 Å². The van der Waals surface area contributed by atoms with Crippen molar-refractivity contribution in [2.45, 2.75) is 50.7 Å². The highest BCUT2D eigenvalue weighted by atomic mass is 33.1. The van der Waals surface area contributed by atoms with Crippen molar-refractivity contribution in [3.8, 4) is 0 Å². The van der Waals surface area contributed by atoms with Gasteiger partial charge in [0, 0.05) is 30.9 Å². The van der Waals surface area contributed by atoms with Crippen LogP contribution >= 0.6 is 21.6 Å². The SMILES string of the molecule is CCC(=O)ON(C)C(=O)CCCC[C@H]1CCSS1. The fourth-order valence-electron chi connectivity index (χ4n) is 1.64. The molecule has 1 heterocycles. The first-order valence-electron chi connectivity index (χ1n) is 6.39. The molecule has 1 rings (SSSR count). The minimum atomic E-state index is -0.370. The van der Waals surface area contributed by atoms with E-state index in [1.807, 2.05) is 21.6 Å². The summed E-state index contributed by atoms with van der Waals surface area (Å²) in [6, 6.07) is 0. The Hall–Kier alpha value is -0.360. The summed E-state index contributed by atoms with van der Waals surface area (Å²) in [4.78, 5) is 27.5. The Morgan fingerprint density at radius 3 is 2.78 bits per heavy atom. The molecule has 18 heavy (non-hydrogen) atoms. The number of hydrogen-bond donors (Lipinski definition) is 0. The number of carbonyl (C=O) groups excluding carboxylic acids is 2. The van der Waals surface area contributed by atoms with Crippen LogP contribution in [0.1, 0.15) is 45.4 Å². The van der Waals surface area contributed by atoms with Gasteiger partial charge in [-0.3, -0.25) is 4.79 Å². The van der Waals surface area contributed by atoms with Gasteiger partial charge in [0.2, 0.25) is 0 Å². The molecule has 1 saturated heterocycles. The molecule has 1 aliphatic heterocycles. The second kappa shape index (κ2) is 8.69. The Morgan fingerprint density at radius 2 is 2.17 bits per heavy atom. The molecule has 0 aromatic rings. The lowest BCUT2D eigenvalue weighted by molar-refractivity contribution is -0.192. The maximum atomic E-state index is 11.6. The van der Waals surface area contributed by atoms with Gasteiger partial charge >= 0.3 is 5.97 Å². The van der Waals surface area contributed by atoms with Gasteiger partial charge in [-0.1, -0.05) is 34.9 Å². The molecule has 0 N–H and O–H groups in total. The Bertz CT molecular complexity index is 280. The van der Waals surface area contributed by atoms with E-state index in [1.54, 1.807) is 6.92 Å². The molecule has 104 valence electrons. The first kappa shape index (κ1) is 15.7. The lowest BCUT2D eigenvalue weighted by atomic mass is 10.1. The van der Waals surface area contributed by atoms with E-state index in [0.29, 0.717) is 6.42 Å². The molecule has 0 aromatic heterocycles. The van der Waals surface area contributed by atoms with Crippen molar-refractivity contribution in [3.05, 3.63) is 0 Å². The van der Waals surface area contributed by atoms with Gasteiger partial charge in [-0.15, -0.1) is 0 Å². The van der Waals surface area contributed by atoms with Crippen LogP contribution in [0.25, 0.3) is 0 Å². The number of nitrogens with zero attached hydrogens (tertiary/aromatic N) is 1. The van der Waals surface area contributed by atoms with Gasteiger partial charge < -0.3 is 4.84 Å². The molecule has 0 bridgehead atoms. The van der Waals surface area contributed by atoms with Gasteiger partial charge in [0.15, 0.2) is 0 Å². The second-order valence-corrected chi connectivity index (χ2v) is 7.07. The molecule has 1 atom stereocenters. The molecule has 1 aliphatic rings. The average molecular weight is 291 g/mol. The third kappa shape index (κ3) is 6.00. The zero-order valence-electron chi connectivity index (χ0n) is 11.0. The predicted octanol–water partition coefficient (Wildman–Crippen LogP) is 3.03. The van der Waals surface area contributed by atoms with Gasteiger partial charge in [0.05, 0.1) is 0 Å². The van der Waals surface area contributed by atoms with Gasteiger partial charge in [0.1, 0.15) is 0 Å². The molecule has 0 unspecified atom stereocenters. The van der Waals surface area contributed by atoms with E-state index >= 15 is 0 Å². The van der Waals surface area contributed by atoms with E-state index in [-0.39, 0.29) is 18.3 Å². The average Bonchev–Trinajstić information content (AvgIpc) is 2.87.